The van der Waals surface area contributed by atoms with Crippen LogP contribution in [0.2, 0.25) is 0 Å². The third-order valence-electron chi connectivity index (χ3n) is 3.45. The molecular formula is C18H33NO2. The molecule has 0 amide bonds. The Kier molecular flexibility index (Phi) is 12.0. The van der Waals surface area contributed by atoms with E-state index in [0.29, 0.717) is 5.92 Å². The van der Waals surface area contributed by atoms with Gasteiger partial charge in [0.1, 0.15) is 5.75 Å². The second-order valence-electron chi connectivity index (χ2n) is 5.39. The van der Waals surface area contributed by atoms with Crippen LogP contribution in [0.5, 0.6) is 5.75 Å². The molecule has 3 nitrogen and oxygen atoms in total. The number of aliphatic hydroxyl groups excluding tert-OH is 1. The summed E-state index contributed by atoms with van der Waals surface area (Å²) in [6.07, 6.45) is 4.70. The number of nitrogens with zero attached hydrogens (tertiary/aromatic N) is 1. The lowest BCUT2D eigenvalue weighted by atomic mass is 9.86. The molecule has 1 N–H and O–H groups in total. The number of rotatable bonds is 3. The maximum atomic E-state index is 9.59. The van der Waals surface area contributed by atoms with Crippen LogP contribution in [0, 0.1) is 5.92 Å². The lowest BCUT2D eigenvalue weighted by Gasteiger charge is -2.29. The van der Waals surface area contributed by atoms with Gasteiger partial charge in [-0.2, -0.15) is 0 Å². The van der Waals surface area contributed by atoms with E-state index in [1.807, 2.05) is 44.2 Å². The highest BCUT2D eigenvalue weighted by atomic mass is 16.5. The first-order chi connectivity index (χ1) is 10.1. The number of ether oxygens (including phenoxy) is 1. The summed E-state index contributed by atoms with van der Waals surface area (Å²) in [7, 11) is 5.80. The van der Waals surface area contributed by atoms with E-state index in [1.165, 1.54) is 19.3 Å². The minimum Gasteiger partial charge on any atom is -0.497 e. The van der Waals surface area contributed by atoms with Gasteiger partial charge in [0.05, 0.1) is 13.2 Å². The highest BCUT2D eigenvalue weighted by molar-refractivity contribution is 5.20. The molecule has 0 aliphatic heterocycles. The normalized spacial score (nSPS) is 20.7. The van der Waals surface area contributed by atoms with E-state index in [4.69, 9.17) is 4.74 Å². The lowest BCUT2D eigenvalue weighted by Crippen LogP contribution is -2.33. The molecule has 1 saturated carbocycles. The summed E-state index contributed by atoms with van der Waals surface area (Å²) in [5, 5.41) is 9.59. The van der Waals surface area contributed by atoms with Gasteiger partial charge in [0.25, 0.3) is 0 Å². The second kappa shape index (κ2) is 12.7. The van der Waals surface area contributed by atoms with E-state index < -0.39 is 0 Å². The lowest BCUT2D eigenvalue weighted by molar-refractivity contribution is 0.0555. The van der Waals surface area contributed by atoms with Crippen molar-refractivity contribution in [3.05, 3.63) is 30.3 Å². The molecule has 2 rings (SSSR count). The Labute approximate surface area is 130 Å². The van der Waals surface area contributed by atoms with Gasteiger partial charge in [-0.25, -0.2) is 0 Å². The van der Waals surface area contributed by atoms with Crippen molar-refractivity contribution in [3.63, 3.8) is 0 Å². The van der Waals surface area contributed by atoms with Gasteiger partial charge in [0.2, 0.25) is 0 Å². The molecule has 1 aromatic carbocycles. The number of methoxy groups -OCH3 is 1. The van der Waals surface area contributed by atoms with Crippen LogP contribution in [0.15, 0.2) is 30.3 Å². The zero-order valence-corrected chi connectivity index (χ0v) is 14.4. The summed E-state index contributed by atoms with van der Waals surface area (Å²) in [5.41, 5.74) is 0. The number of benzene rings is 1. The Balaban J connectivity index is 0.000000354. The SMILES string of the molecule is CC.CN(C)CC1CCCCC1O.COc1ccccc1. The van der Waals surface area contributed by atoms with Crippen LogP contribution in [-0.2, 0) is 0 Å². The molecule has 2 unspecified atom stereocenters. The summed E-state index contributed by atoms with van der Waals surface area (Å²) in [6.45, 7) is 5.04. The second-order valence-corrected chi connectivity index (χ2v) is 5.39. The van der Waals surface area contributed by atoms with Gasteiger partial charge in [-0.3, -0.25) is 0 Å². The smallest absolute Gasteiger partial charge is 0.118 e. The van der Waals surface area contributed by atoms with Crippen LogP contribution >= 0.6 is 0 Å². The third-order valence-corrected chi connectivity index (χ3v) is 3.45. The number of hydrogen-bond donors (Lipinski definition) is 1. The van der Waals surface area contributed by atoms with Gasteiger partial charge in [-0.1, -0.05) is 44.9 Å². The summed E-state index contributed by atoms with van der Waals surface area (Å²) < 4.78 is 4.91. The highest BCUT2D eigenvalue weighted by Crippen LogP contribution is 2.24. The molecule has 0 spiro atoms. The zero-order valence-electron chi connectivity index (χ0n) is 14.4. The first-order valence-corrected chi connectivity index (χ1v) is 8.05. The molecule has 1 aromatic rings. The molecule has 0 heterocycles. The van der Waals surface area contributed by atoms with Gasteiger partial charge in [-0.05, 0) is 45.0 Å². The van der Waals surface area contributed by atoms with E-state index in [2.05, 4.69) is 19.0 Å². The van der Waals surface area contributed by atoms with Crippen molar-refractivity contribution in [1.82, 2.24) is 4.90 Å². The Morgan fingerprint density at radius 3 is 2.10 bits per heavy atom. The van der Waals surface area contributed by atoms with Crippen LogP contribution in [-0.4, -0.2) is 43.9 Å². The molecule has 3 heteroatoms. The summed E-state index contributed by atoms with van der Waals surface area (Å²) in [5.74, 6) is 1.44. The minimum absolute atomic E-state index is 0.0360. The summed E-state index contributed by atoms with van der Waals surface area (Å²) in [6, 6.07) is 9.68. The van der Waals surface area contributed by atoms with Crippen LogP contribution in [0.4, 0.5) is 0 Å². The van der Waals surface area contributed by atoms with E-state index >= 15 is 0 Å². The first kappa shape index (κ1) is 19.9. The van der Waals surface area contributed by atoms with E-state index in [9.17, 15) is 5.11 Å². The quantitative estimate of drug-likeness (QED) is 0.920. The standard InChI is InChI=1S/C9H19NO.C7H8O.C2H6/c1-10(2)7-8-5-3-4-6-9(8)11;1-8-7-5-3-2-4-6-7;1-2/h8-9,11H,3-7H2,1-2H3;2-6H,1H3;1-2H3. The summed E-state index contributed by atoms with van der Waals surface area (Å²) >= 11 is 0. The van der Waals surface area contributed by atoms with Crippen LogP contribution < -0.4 is 4.74 Å². The Hall–Kier alpha value is -1.06. The molecule has 1 aliphatic carbocycles. The molecule has 21 heavy (non-hydrogen) atoms. The van der Waals surface area contributed by atoms with Crippen LogP contribution in [0.25, 0.3) is 0 Å². The molecule has 1 fully saturated rings. The topological polar surface area (TPSA) is 32.7 Å². The Bertz CT molecular complexity index is 327. The molecule has 0 bridgehead atoms. The van der Waals surface area contributed by atoms with E-state index in [0.717, 1.165) is 18.7 Å². The monoisotopic (exact) mass is 295 g/mol. The largest absolute Gasteiger partial charge is 0.497 e. The predicted molar refractivity (Wildman–Crippen MR) is 90.9 cm³/mol. The molecule has 122 valence electrons. The fraction of sp³-hybridized carbons (Fsp3) is 0.667. The fourth-order valence-corrected chi connectivity index (χ4v) is 2.43. The minimum atomic E-state index is -0.0360. The maximum absolute atomic E-state index is 9.59. The molecule has 0 saturated heterocycles. The zero-order chi connectivity index (χ0) is 16.1. The number of para-hydroxylation sites is 1. The van der Waals surface area contributed by atoms with Gasteiger partial charge in [0, 0.05) is 6.54 Å². The summed E-state index contributed by atoms with van der Waals surface area (Å²) in [4.78, 5) is 2.17. The van der Waals surface area contributed by atoms with Gasteiger partial charge < -0.3 is 14.7 Å². The van der Waals surface area contributed by atoms with Crippen molar-refractivity contribution in [2.75, 3.05) is 27.7 Å². The predicted octanol–water partition coefficient (Wildman–Crippen LogP) is 3.82. The Morgan fingerprint density at radius 1 is 1.10 bits per heavy atom. The van der Waals surface area contributed by atoms with Crippen molar-refractivity contribution in [3.8, 4) is 5.75 Å². The number of hydrogen-bond acceptors (Lipinski definition) is 3. The Morgan fingerprint density at radius 2 is 1.67 bits per heavy atom. The van der Waals surface area contributed by atoms with E-state index in [1.54, 1.807) is 7.11 Å². The van der Waals surface area contributed by atoms with Crippen molar-refractivity contribution >= 4 is 0 Å². The molecule has 2 atom stereocenters. The molecule has 1 aliphatic rings. The first-order valence-electron chi connectivity index (χ1n) is 8.05. The van der Waals surface area contributed by atoms with Gasteiger partial charge in [0.15, 0.2) is 0 Å². The van der Waals surface area contributed by atoms with Crippen LogP contribution in [0.3, 0.4) is 0 Å². The van der Waals surface area contributed by atoms with Crippen molar-refractivity contribution in [2.24, 2.45) is 5.92 Å². The van der Waals surface area contributed by atoms with Crippen LogP contribution in [0.1, 0.15) is 39.5 Å². The average Bonchev–Trinajstić information content (AvgIpc) is 2.53. The van der Waals surface area contributed by atoms with E-state index in [-0.39, 0.29) is 6.10 Å². The van der Waals surface area contributed by atoms with Gasteiger partial charge >= 0.3 is 0 Å². The maximum Gasteiger partial charge on any atom is 0.118 e. The van der Waals surface area contributed by atoms with Crippen molar-refractivity contribution < 1.29 is 9.84 Å². The third kappa shape index (κ3) is 9.48. The average molecular weight is 295 g/mol. The van der Waals surface area contributed by atoms with Crippen molar-refractivity contribution in [2.45, 2.75) is 45.6 Å². The highest BCUT2D eigenvalue weighted by Gasteiger charge is 2.22. The van der Waals surface area contributed by atoms with Gasteiger partial charge in [-0.15, -0.1) is 0 Å². The molecule has 0 radical (unpaired) electrons. The molecule has 0 aromatic heterocycles. The molecular weight excluding hydrogens is 262 g/mol. The van der Waals surface area contributed by atoms with Crippen molar-refractivity contribution in [1.29, 1.82) is 0 Å². The number of aliphatic hydroxyl groups is 1. The fourth-order valence-electron chi connectivity index (χ4n) is 2.43.